The van der Waals surface area contributed by atoms with E-state index in [4.69, 9.17) is 10.2 Å². The Balaban J connectivity index is 2.44. The van der Waals surface area contributed by atoms with Gasteiger partial charge < -0.3 is 20.8 Å². The first-order valence-corrected chi connectivity index (χ1v) is 6.90. The lowest BCUT2D eigenvalue weighted by molar-refractivity contribution is -0.145. The van der Waals surface area contributed by atoms with Crippen LogP contribution in [0.5, 0.6) is 0 Å². The molecule has 0 heterocycles. The molecule has 3 atom stereocenters. The molecule has 1 fully saturated rings. The lowest BCUT2D eigenvalue weighted by Gasteiger charge is -2.19. The molecule has 0 radical (unpaired) electrons. The minimum atomic E-state index is -1.41. The van der Waals surface area contributed by atoms with E-state index in [1.165, 1.54) is 0 Å². The number of hydrogen-bond donors (Lipinski definition) is 4. The van der Waals surface area contributed by atoms with Crippen molar-refractivity contribution in [2.75, 3.05) is 0 Å². The normalized spacial score (nSPS) is 24.2. The van der Waals surface area contributed by atoms with Crippen LogP contribution < -0.4 is 10.6 Å². The van der Waals surface area contributed by atoms with Crippen LogP contribution in [0.4, 0.5) is 4.79 Å². The van der Waals surface area contributed by atoms with Gasteiger partial charge in [-0.25, -0.2) is 9.59 Å². The standard InChI is InChI=1S/C13H22N2O5/c1-8-3-2-4-9(6-5-8)14-13(20)15-10(12(18)19)7-11(16)17/h8-10H,2-7H2,1H3,(H,16,17)(H,18,19)(H2,14,15,20). The molecule has 0 saturated heterocycles. The van der Waals surface area contributed by atoms with Crippen LogP contribution >= 0.6 is 0 Å². The zero-order valence-corrected chi connectivity index (χ0v) is 11.6. The molecular formula is C13H22N2O5. The quantitative estimate of drug-likeness (QED) is 0.566. The van der Waals surface area contributed by atoms with Crippen molar-refractivity contribution in [3.05, 3.63) is 0 Å². The van der Waals surface area contributed by atoms with Crippen LogP contribution in [0.25, 0.3) is 0 Å². The Morgan fingerprint density at radius 2 is 1.85 bits per heavy atom. The molecule has 0 aromatic carbocycles. The van der Waals surface area contributed by atoms with Crippen LogP contribution in [-0.4, -0.2) is 40.3 Å². The van der Waals surface area contributed by atoms with Crippen molar-refractivity contribution in [2.24, 2.45) is 5.92 Å². The third-order valence-electron chi connectivity index (χ3n) is 3.57. The van der Waals surface area contributed by atoms with Crippen molar-refractivity contribution in [1.82, 2.24) is 10.6 Å². The first-order chi connectivity index (χ1) is 9.38. The average molecular weight is 286 g/mol. The van der Waals surface area contributed by atoms with Gasteiger partial charge >= 0.3 is 18.0 Å². The van der Waals surface area contributed by atoms with Gasteiger partial charge in [-0.3, -0.25) is 4.79 Å². The van der Waals surface area contributed by atoms with Gasteiger partial charge in [0.25, 0.3) is 0 Å². The minimum Gasteiger partial charge on any atom is -0.481 e. The van der Waals surface area contributed by atoms with Gasteiger partial charge in [0.15, 0.2) is 0 Å². The summed E-state index contributed by atoms with van der Waals surface area (Å²) in [6, 6.07) is -1.99. The van der Waals surface area contributed by atoms with Crippen LogP contribution in [-0.2, 0) is 9.59 Å². The second-order valence-corrected chi connectivity index (χ2v) is 5.42. The Morgan fingerprint density at radius 3 is 2.45 bits per heavy atom. The van der Waals surface area contributed by atoms with Crippen LogP contribution in [0, 0.1) is 5.92 Å². The van der Waals surface area contributed by atoms with Gasteiger partial charge in [0.1, 0.15) is 6.04 Å². The molecule has 0 bridgehead atoms. The SMILES string of the molecule is CC1CCCC(NC(=O)NC(CC(=O)O)C(=O)O)CC1. The maximum Gasteiger partial charge on any atom is 0.326 e. The van der Waals surface area contributed by atoms with Crippen molar-refractivity contribution in [1.29, 1.82) is 0 Å². The number of carboxylic acids is 2. The predicted molar refractivity (Wildman–Crippen MR) is 71.4 cm³/mol. The second kappa shape index (κ2) is 7.72. The predicted octanol–water partition coefficient (Wildman–Crippen LogP) is 1.18. The molecular weight excluding hydrogens is 264 g/mol. The van der Waals surface area contributed by atoms with Gasteiger partial charge in [-0.2, -0.15) is 0 Å². The number of carbonyl (C=O) groups is 3. The van der Waals surface area contributed by atoms with Gasteiger partial charge in [0.2, 0.25) is 0 Å². The Bertz CT molecular complexity index is 372. The maximum absolute atomic E-state index is 11.7. The second-order valence-electron chi connectivity index (χ2n) is 5.42. The number of aliphatic carboxylic acids is 2. The van der Waals surface area contributed by atoms with E-state index < -0.39 is 30.4 Å². The van der Waals surface area contributed by atoms with E-state index in [9.17, 15) is 14.4 Å². The lowest BCUT2D eigenvalue weighted by atomic mass is 10.0. The molecule has 3 unspecified atom stereocenters. The Hall–Kier alpha value is -1.79. The Morgan fingerprint density at radius 1 is 1.15 bits per heavy atom. The summed E-state index contributed by atoms with van der Waals surface area (Å²) in [5, 5.41) is 22.4. The van der Waals surface area contributed by atoms with E-state index in [0.717, 1.165) is 32.1 Å². The lowest BCUT2D eigenvalue weighted by Crippen LogP contribution is -2.49. The van der Waals surface area contributed by atoms with E-state index in [1.54, 1.807) is 0 Å². The molecule has 0 aromatic rings. The fourth-order valence-corrected chi connectivity index (χ4v) is 2.39. The van der Waals surface area contributed by atoms with Crippen molar-refractivity contribution in [3.63, 3.8) is 0 Å². The number of nitrogens with one attached hydrogen (secondary N) is 2. The first-order valence-electron chi connectivity index (χ1n) is 6.90. The van der Waals surface area contributed by atoms with E-state index in [2.05, 4.69) is 17.6 Å². The zero-order valence-electron chi connectivity index (χ0n) is 11.6. The molecule has 7 nitrogen and oxygen atoms in total. The molecule has 1 aliphatic rings. The van der Waals surface area contributed by atoms with Crippen LogP contribution in [0.3, 0.4) is 0 Å². The summed E-state index contributed by atoms with van der Waals surface area (Å²) in [6.07, 6.45) is 4.30. The van der Waals surface area contributed by atoms with Crippen molar-refractivity contribution in [2.45, 2.75) is 57.5 Å². The van der Waals surface area contributed by atoms with E-state index >= 15 is 0 Å². The van der Waals surface area contributed by atoms with Gasteiger partial charge in [-0.05, 0) is 25.2 Å². The summed E-state index contributed by atoms with van der Waals surface area (Å²) in [5.74, 6) is -1.97. The summed E-state index contributed by atoms with van der Waals surface area (Å²) in [7, 11) is 0. The highest BCUT2D eigenvalue weighted by Gasteiger charge is 2.24. The summed E-state index contributed by atoms with van der Waals surface area (Å²) >= 11 is 0. The monoisotopic (exact) mass is 286 g/mol. The Kier molecular flexibility index (Phi) is 6.27. The molecule has 0 aliphatic heterocycles. The van der Waals surface area contributed by atoms with Gasteiger partial charge in [0, 0.05) is 6.04 Å². The molecule has 4 N–H and O–H groups in total. The molecule has 114 valence electrons. The number of carbonyl (C=O) groups excluding carboxylic acids is 1. The smallest absolute Gasteiger partial charge is 0.326 e. The highest BCUT2D eigenvalue weighted by atomic mass is 16.4. The molecule has 1 rings (SSSR count). The fourth-order valence-electron chi connectivity index (χ4n) is 2.39. The number of urea groups is 1. The number of carboxylic acid groups (broad SMARTS) is 2. The fraction of sp³-hybridized carbons (Fsp3) is 0.769. The zero-order chi connectivity index (χ0) is 15.1. The highest BCUT2D eigenvalue weighted by Crippen LogP contribution is 2.22. The third-order valence-corrected chi connectivity index (χ3v) is 3.57. The van der Waals surface area contributed by atoms with Crippen molar-refractivity contribution in [3.8, 4) is 0 Å². The Labute approximate surface area is 117 Å². The molecule has 2 amide bonds. The molecule has 0 spiro atoms. The van der Waals surface area contributed by atoms with Gasteiger partial charge in [-0.15, -0.1) is 0 Å². The number of rotatable bonds is 5. The minimum absolute atomic E-state index is 0.0271. The van der Waals surface area contributed by atoms with E-state index in [1.807, 2.05) is 0 Å². The van der Waals surface area contributed by atoms with Gasteiger partial charge in [-0.1, -0.05) is 19.8 Å². The molecule has 0 aromatic heterocycles. The first kappa shape index (κ1) is 16.3. The summed E-state index contributed by atoms with van der Waals surface area (Å²) in [4.78, 5) is 33.1. The van der Waals surface area contributed by atoms with Crippen LogP contribution in [0.15, 0.2) is 0 Å². The van der Waals surface area contributed by atoms with Crippen molar-refractivity contribution < 1.29 is 24.6 Å². The van der Waals surface area contributed by atoms with Crippen molar-refractivity contribution >= 4 is 18.0 Å². The topological polar surface area (TPSA) is 116 Å². The highest BCUT2D eigenvalue weighted by molar-refractivity contribution is 5.86. The summed E-state index contributed by atoms with van der Waals surface area (Å²) in [5.41, 5.74) is 0. The molecule has 7 heteroatoms. The number of amides is 2. The largest absolute Gasteiger partial charge is 0.481 e. The maximum atomic E-state index is 11.7. The molecule has 20 heavy (non-hydrogen) atoms. The van der Waals surface area contributed by atoms with E-state index in [-0.39, 0.29) is 6.04 Å². The van der Waals surface area contributed by atoms with Gasteiger partial charge in [0.05, 0.1) is 6.42 Å². The summed E-state index contributed by atoms with van der Waals surface area (Å²) in [6.45, 7) is 2.18. The van der Waals surface area contributed by atoms with Crippen LogP contribution in [0.1, 0.15) is 45.4 Å². The number of hydrogen-bond acceptors (Lipinski definition) is 3. The third kappa shape index (κ3) is 5.90. The van der Waals surface area contributed by atoms with Crippen LogP contribution in [0.2, 0.25) is 0 Å². The molecule has 1 aliphatic carbocycles. The van der Waals surface area contributed by atoms with E-state index in [0.29, 0.717) is 5.92 Å². The molecule has 1 saturated carbocycles. The summed E-state index contributed by atoms with van der Waals surface area (Å²) < 4.78 is 0. The average Bonchev–Trinajstić information content (AvgIpc) is 2.53.